The normalized spacial score (nSPS) is 20.9. The van der Waals surface area contributed by atoms with Crippen LogP contribution in [-0.4, -0.2) is 50.8 Å². The SMILES string of the molecule is COc1ccc(NC(=O)[C@H]2CCCN(S(=O)(=O)c3ccc4c(c3)C[C@H](C)N4C(C)=O)C2)cc1. The van der Waals surface area contributed by atoms with E-state index in [1.807, 2.05) is 6.92 Å². The maximum Gasteiger partial charge on any atom is 0.243 e. The van der Waals surface area contributed by atoms with Crippen LogP contribution in [0.4, 0.5) is 11.4 Å². The van der Waals surface area contributed by atoms with Crippen LogP contribution in [0.2, 0.25) is 0 Å². The van der Waals surface area contributed by atoms with Crippen LogP contribution < -0.4 is 15.0 Å². The van der Waals surface area contributed by atoms with Gasteiger partial charge < -0.3 is 15.0 Å². The molecule has 9 heteroatoms. The Hall–Kier alpha value is -2.91. The van der Waals surface area contributed by atoms with Gasteiger partial charge in [-0.25, -0.2) is 8.42 Å². The zero-order chi connectivity index (χ0) is 23.8. The van der Waals surface area contributed by atoms with E-state index < -0.39 is 15.9 Å². The van der Waals surface area contributed by atoms with Crippen LogP contribution in [0.5, 0.6) is 5.75 Å². The number of benzene rings is 2. The molecule has 2 aliphatic rings. The van der Waals surface area contributed by atoms with Crippen LogP contribution in [-0.2, 0) is 26.0 Å². The number of methoxy groups -OCH3 is 1. The van der Waals surface area contributed by atoms with Crippen LogP contribution in [0.25, 0.3) is 0 Å². The lowest BCUT2D eigenvalue weighted by Gasteiger charge is -2.31. The van der Waals surface area contributed by atoms with E-state index >= 15 is 0 Å². The van der Waals surface area contributed by atoms with Gasteiger partial charge in [0.25, 0.3) is 0 Å². The van der Waals surface area contributed by atoms with Gasteiger partial charge >= 0.3 is 0 Å². The molecule has 2 aromatic carbocycles. The molecule has 1 fully saturated rings. The number of nitrogens with one attached hydrogen (secondary N) is 1. The van der Waals surface area contributed by atoms with E-state index in [9.17, 15) is 18.0 Å². The molecule has 0 unspecified atom stereocenters. The van der Waals surface area contributed by atoms with Gasteiger partial charge in [0, 0.05) is 37.4 Å². The number of ether oxygens (including phenoxy) is 1. The number of nitrogens with zero attached hydrogens (tertiary/aromatic N) is 2. The van der Waals surface area contributed by atoms with E-state index in [1.165, 1.54) is 11.2 Å². The summed E-state index contributed by atoms with van der Waals surface area (Å²) in [6, 6.07) is 12.0. The minimum absolute atomic E-state index is 0.00327. The molecule has 0 radical (unpaired) electrons. The second kappa shape index (κ2) is 9.15. The Morgan fingerprint density at radius 2 is 1.85 bits per heavy atom. The summed E-state index contributed by atoms with van der Waals surface area (Å²) in [6.45, 7) is 3.98. The lowest BCUT2D eigenvalue weighted by molar-refractivity contribution is -0.121. The van der Waals surface area contributed by atoms with Crippen LogP contribution in [0.1, 0.15) is 32.3 Å². The lowest BCUT2D eigenvalue weighted by Crippen LogP contribution is -2.43. The molecule has 0 aromatic heterocycles. The Kier molecular flexibility index (Phi) is 6.45. The standard InChI is InChI=1S/C24H29N3O5S/c1-16-13-19-14-22(10-11-23(19)27(16)17(2)28)33(30,31)26-12-4-5-18(15-26)24(29)25-20-6-8-21(32-3)9-7-20/h6-11,14,16,18H,4-5,12-13,15H2,1-3H3,(H,25,29)/t16-,18-/m0/s1. The molecular weight excluding hydrogens is 442 g/mol. The van der Waals surface area contributed by atoms with Crippen molar-refractivity contribution in [1.29, 1.82) is 0 Å². The maximum atomic E-state index is 13.4. The van der Waals surface area contributed by atoms with Gasteiger partial charge in [0.05, 0.1) is 17.9 Å². The summed E-state index contributed by atoms with van der Waals surface area (Å²) in [6.07, 6.45) is 1.86. The zero-order valence-electron chi connectivity index (χ0n) is 19.1. The smallest absolute Gasteiger partial charge is 0.243 e. The predicted octanol–water partition coefficient (Wildman–Crippen LogP) is 3.03. The van der Waals surface area contributed by atoms with Crippen molar-refractivity contribution in [3.8, 4) is 5.75 Å². The zero-order valence-corrected chi connectivity index (χ0v) is 19.9. The number of hydrogen-bond donors (Lipinski definition) is 1. The van der Waals surface area contributed by atoms with Crippen molar-refractivity contribution in [1.82, 2.24) is 4.31 Å². The largest absolute Gasteiger partial charge is 0.497 e. The highest BCUT2D eigenvalue weighted by Gasteiger charge is 2.35. The van der Waals surface area contributed by atoms with E-state index in [1.54, 1.807) is 54.5 Å². The van der Waals surface area contributed by atoms with Gasteiger partial charge in [0.2, 0.25) is 21.8 Å². The van der Waals surface area contributed by atoms with Crippen molar-refractivity contribution in [3.05, 3.63) is 48.0 Å². The Labute approximate surface area is 194 Å². The summed E-state index contributed by atoms with van der Waals surface area (Å²) >= 11 is 0. The van der Waals surface area contributed by atoms with Gasteiger partial charge in [0.1, 0.15) is 5.75 Å². The molecule has 1 N–H and O–H groups in total. The van der Waals surface area contributed by atoms with Crippen molar-refractivity contribution < 1.29 is 22.7 Å². The minimum atomic E-state index is -3.75. The maximum absolute atomic E-state index is 13.4. The molecule has 4 rings (SSSR count). The molecule has 0 spiro atoms. The van der Waals surface area contributed by atoms with Crippen molar-refractivity contribution in [2.45, 2.75) is 44.0 Å². The van der Waals surface area contributed by atoms with Gasteiger partial charge in [-0.1, -0.05) is 0 Å². The number of fused-ring (bicyclic) bond motifs is 1. The van der Waals surface area contributed by atoms with Gasteiger partial charge in [-0.3, -0.25) is 9.59 Å². The van der Waals surface area contributed by atoms with Crippen LogP contribution in [0, 0.1) is 5.92 Å². The number of piperidine rings is 1. The Bertz CT molecular complexity index is 1160. The molecule has 2 aliphatic heterocycles. The monoisotopic (exact) mass is 471 g/mol. The number of carbonyl (C=O) groups is 2. The summed E-state index contributed by atoms with van der Waals surface area (Å²) in [5.74, 6) is 0.00919. The first kappa shape index (κ1) is 23.3. The molecule has 33 heavy (non-hydrogen) atoms. The van der Waals surface area contributed by atoms with Crippen LogP contribution >= 0.6 is 0 Å². The average Bonchev–Trinajstić information content (AvgIpc) is 3.14. The van der Waals surface area contributed by atoms with E-state index in [0.29, 0.717) is 37.2 Å². The molecule has 2 aromatic rings. The number of carbonyl (C=O) groups excluding carboxylic acids is 2. The fourth-order valence-corrected chi connectivity index (χ4v) is 6.27. The molecule has 2 heterocycles. The van der Waals surface area contributed by atoms with Crippen molar-refractivity contribution in [2.75, 3.05) is 30.4 Å². The molecule has 2 amide bonds. The lowest BCUT2D eigenvalue weighted by atomic mass is 9.99. The first-order chi connectivity index (χ1) is 15.7. The highest BCUT2D eigenvalue weighted by atomic mass is 32.2. The molecule has 8 nitrogen and oxygen atoms in total. The highest BCUT2D eigenvalue weighted by Crippen LogP contribution is 2.35. The second-order valence-corrected chi connectivity index (χ2v) is 10.6. The Morgan fingerprint density at radius 3 is 2.52 bits per heavy atom. The molecule has 0 saturated carbocycles. The number of rotatable bonds is 5. The van der Waals surface area contributed by atoms with Crippen molar-refractivity contribution >= 4 is 33.2 Å². The first-order valence-electron chi connectivity index (χ1n) is 11.1. The van der Waals surface area contributed by atoms with Gasteiger partial charge in [0.15, 0.2) is 0 Å². The highest BCUT2D eigenvalue weighted by molar-refractivity contribution is 7.89. The van der Waals surface area contributed by atoms with Crippen LogP contribution in [0.3, 0.4) is 0 Å². The summed E-state index contributed by atoms with van der Waals surface area (Å²) in [5, 5.41) is 2.88. The first-order valence-corrected chi connectivity index (χ1v) is 12.5. The summed E-state index contributed by atoms with van der Waals surface area (Å²) in [7, 11) is -2.18. The Morgan fingerprint density at radius 1 is 1.12 bits per heavy atom. The molecule has 1 saturated heterocycles. The average molecular weight is 472 g/mol. The number of sulfonamides is 1. The third-order valence-corrected chi connectivity index (χ3v) is 8.22. The third-order valence-electron chi connectivity index (χ3n) is 6.36. The fraction of sp³-hybridized carbons (Fsp3) is 0.417. The van der Waals surface area contributed by atoms with E-state index in [0.717, 1.165) is 11.3 Å². The number of anilines is 2. The Balaban J connectivity index is 1.49. The van der Waals surface area contributed by atoms with Gasteiger partial charge in [-0.2, -0.15) is 4.31 Å². The van der Waals surface area contributed by atoms with E-state index in [-0.39, 0.29) is 29.3 Å². The van der Waals surface area contributed by atoms with Gasteiger partial charge in [-0.05, 0) is 74.2 Å². The summed E-state index contributed by atoms with van der Waals surface area (Å²) in [5.41, 5.74) is 2.26. The van der Waals surface area contributed by atoms with E-state index in [2.05, 4.69) is 5.32 Å². The van der Waals surface area contributed by atoms with Crippen LogP contribution in [0.15, 0.2) is 47.4 Å². The summed E-state index contributed by atoms with van der Waals surface area (Å²) < 4.78 is 33.3. The molecule has 0 bridgehead atoms. The van der Waals surface area contributed by atoms with Crippen molar-refractivity contribution in [2.24, 2.45) is 5.92 Å². The number of hydrogen-bond acceptors (Lipinski definition) is 5. The fourth-order valence-electron chi connectivity index (χ4n) is 4.69. The molecular formula is C24H29N3O5S. The molecule has 2 atom stereocenters. The second-order valence-electron chi connectivity index (χ2n) is 8.65. The molecule has 176 valence electrons. The topological polar surface area (TPSA) is 96.0 Å². The van der Waals surface area contributed by atoms with E-state index in [4.69, 9.17) is 4.74 Å². The summed E-state index contributed by atoms with van der Waals surface area (Å²) in [4.78, 5) is 26.7. The minimum Gasteiger partial charge on any atom is -0.497 e. The molecule has 0 aliphatic carbocycles. The van der Waals surface area contributed by atoms with Crippen molar-refractivity contribution in [3.63, 3.8) is 0 Å². The van der Waals surface area contributed by atoms with Gasteiger partial charge in [-0.15, -0.1) is 0 Å². The quantitative estimate of drug-likeness (QED) is 0.723. The number of amides is 2. The predicted molar refractivity (Wildman–Crippen MR) is 126 cm³/mol. The third kappa shape index (κ3) is 4.60.